The normalized spacial score (nSPS) is 10.8. The molecule has 0 unspecified atom stereocenters. The van der Waals surface area contributed by atoms with Crippen LogP contribution in [0.15, 0.2) is 140 Å². The number of nitrogens with zero attached hydrogens (tertiary/aromatic N) is 2. The predicted octanol–water partition coefficient (Wildman–Crippen LogP) is 4.61. The van der Waals surface area contributed by atoms with Crippen LogP contribution >= 0.6 is 0 Å². The number of hydrogen-bond donors (Lipinski definition) is 0. The summed E-state index contributed by atoms with van der Waals surface area (Å²) in [6, 6.07) is 34.2. The molecular weight excluding hydrogens is 477 g/mol. The highest BCUT2D eigenvalue weighted by molar-refractivity contribution is 7.00. The SMILES string of the molecule is C=CB(c1ccccc1)c1ccccc1.C[Si](Cn1ccnc1)(c1ccc(F)cc1)c1ccc(F)cc1. The highest BCUT2D eigenvalue weighted by Gasteiger charge is 2.32. The molecule has 0 amide bonds. The summed E-state index contributed by atoms with van der Waals surface area (Å²) in [6.07, 6.45) is 6.20. The molecular formula is C31H29BF2N2Si. The summed E-state index contributed by atoms with van der Waals surface area (Å²) in [5.74, 6) is 1.49. The molecule has 4 aromatic carbocycles. The van der Waals surface area contributed by atoms with Gasteiger partial charge in [0.15, 0.2) is 0 Å². The first-order valence-electron chi connectivity index (χ1n) is 12.2. The highest BCUT2D eigenvalue weighted by atomic mass is 28.3. The van der Waals surface area contributed by atoms with Crippen molar-refractivity contribution in [2.45, 2.75) is 12.7 Å². The minimum absolute atomic E-state index is 0.248. The van der Waals surface area contributed by atoms with Crippen molar-refractivity contribution in [1.82, 2.24) is 9.55 Å². The van der Waals surface area contributed by atoms with Gasteiger partial charge in [-0.25, -0.2) is 13.8 Å². The molecule has 0 N–H and O–H groups in total. The molecule has 6 heteroatoms. The fourth-order valence-corrected chi connectivity index (χ4v) is 7.94. The third-order valence-corrected chi connectivity index (χ3v) is 10.8. The van der Waals surface area contributed by atoms with Gasteiger partial charge in [0.25, 0.3) is 0 Å². The zero-order valence-corrected chi connectivity index (χ0v) is 21.8. The van der Waals surface area contributed by atoms with Gasteiger partial charge >= 0.3 is 0 Å². The third-order valence-electron chi connectivity index (χ3n) is 6.57. The second kappa shape index (κ2) is 12.3. The van der Waals surface area contributed by atoms with E-state index in [1.54, 1.807) is 12.5 Å². The molecule has 184 valence electrons. The molecule has 5 aromatic rings. The van der Waals surface area contributed by atoms with Gasteiger partial charge in [-0.15, -0.1) is 12.6 Å². The van der Waals surface area contributed by atoms with Crippen LogP contribution in [0, 0.1) is 11.6 Å². The lowest BCUT2D eigenvalue weighted by Crippen LogP contribution is -2.58. The van der Waals surface area contributed by atoms with E-state index >= 15 is 0 Å². The Morgan fingerprint density at radius 2 is 1.22 bits per heavy atom. The summed E-state index contributed by atoms with van der Waals surface area (Å²) < 4.78 is 28.5. The van der Waals surface area contributed by atoms with Gasteiger partial charge in [-0.3, -0.25) is 0 Å². The number of rotatable bonds is 7. The summed E-state index contributed by atoms with van der Waals surface area (Å²) in [6.45, 7) is 6.41. The number of aromatic nitrogens is 2. The quantitative estimate of drug-likeness (QED) is 0.295. The summed E-state index contributed by atoms with van der Waals surface area (Å²) in [5.41, 5.74) is 2.58. The maximum Gasteiger partial charge on any atom is 0.233 e. The van der Waals surface area contributed by atoms with Gasteiger partial charge in [0, 0.05) is 18.6 Å². The summed E-state index contributed by atoms with van der Waals surface area (Å²) in [4.78, 5) is 4.09. The first kappa shape index (κ1) is 26.0. The van der Waals surface area contributed by atoms with Crippen molar-refractivity contribution < 1.29 is 8.78 Å². The lowest BCUT2D eigenvalue weighted by Gasteiger charge is -2.29. The first-order valence-corrected chi connectivity index (χ1v) is 14.9. The van der Waals surface area contributed by atoms with Crippen molar-refractivity contribution in [3.8, 4) is 0 Å². The van der Waals surface area contributed by atoms with Crippen LogP contribution in [0.1, 0.15) is 0 Å². The van der Waals surface area contributed by atoms with Crippen LogP contribution in [0.5, 0.6) is 0 Å². The molecule has 0 saturated carbocycles. The average Bonchev–Trinajstić information content (AvgIpc) is 3.44. The monoisotopic (exact) mass is 506 g/mol. The molecule has 37 heavy (non-hydrogen) atoms. The van der Waals surface area contributed by atoms with Crippen LogP contribution in [0.3, 0.4) is 0 Å². The lowest BCUT2D eigenvalue weighted by molar-refractivity contribution is 0.628. The molecule has 5 rings (SSSR count). The Hall–Kier alpha value is -4.03. The van der Waals surface area contributed by atoms with Gasteiger partial charge in [0.05, 0.1) is 6.33 Å². The Labute approximate surface area is 219 Å². The molecule has 0 atom stereocenters. The van der Waals surface area contributed by atoms with Crippen LogP contribution in [0.4, 0.5) is 8.78 Å². The van der Waals surface area contributed by atoms with Gasteiger partial charge in [0.1, 0.15) is 19.7 Å². The maximum atomic E-state index is 13.3. The molecule has 1 heterocycles. The van der Waals surface area contributed by atoms with Gasteiger partial charge in [-0.1, -0.05) is 113 Å². The molecule has 2 nitrogen and oxygen atoms in total. The second-order valence-corrected chi connectivity index (χ2v) is 13.3. The second-order valence-electron chi connectivity index (χ2n) is 9.12. The van der Waals surface area contributed by atoms with E-state index in [1.807, 2.05) is 53.1 Å². The smallest absolute Gasteiger partial charge is 0.233 e. The zero-order valence-electron chi connectivity index (χ0n) is 20.8. The number of halogens is 2. The minimum atomic E-state index is -2.16. The third kappa shape index (κ3) is 6.60. The Morgan fingerprint density at radius 3 is 1.59 bits per heavy atom. The zero-order chi connectivity index (χ0) is 26.1. The van der Waals surface area contributed by atoms with Gasteiger partial charge in [0.2, 0.25) is 6.71 Å². The Kier molecular flexibility index (Phi) is 8.65. The van der Waals surface area contributed by atoms with Crippen LogP contribution in [0.25, 0.3) is 0 Å². The molecule has 0 aliphatic rings. The van der Waals surface area contributed by atoms with Crippen LogP contribution in [0.2, 0.25) is 6.55 Å². The van der Waals surface area contributed by atoms with Crippen molar-refractivity contribution in [2.24, 2.45) is 0 Å². The van der Waals surface area contributed by atoms with E-state index in [0.29, 0.717) is 6.71 Å². The van der Waals surface area contributed by atoms with Crippen molar-refractivity contribution in [1.29, 1.82) is 0 Å². The van der Waals surface area contributed by atoms with E-state index in [9.17, 15) is 8.78 Å². The number of benzene rings is 4. The molecule has 0 spiro atoms. The largest absolute Gasteiger partial charge is 0.340 e. The van der Waals surface area contributed by atoms with Crippen LogP contribution < -0.4 is 21.3 Å². The number of imidazole rings is 1. The van der Waals surface area contributed by atoms with E-state index in [4.69, 9.17) is 0 Å². The molecule has 0 aliphatic heterocycles. The number of hydrogen-bond acceptors (Lipinski definition) is 1. The van der Waals surface area contributed by atoms with Gasteiger partial charge in [-0.05, 0) is 24.3 Å². The molecule has 0 saturated heterocycles. The van der Waals surface area contributed by atoms with Gasteiger partial charge in [-0.2, -0.15) is 0 Å². The van der Waals surface area contributed by atoms with E-state index in [2.05, 4.69) is 66.6 Å². The van der Waals surface area contributed by atoms with Crippen molar-refractivity contribution in [3.63, 3.8) is 0 Å². The standard InChI is InChI=1S/C17H16F2N2Si.C14H13B/c1-22(13-21-11-10-20-12-21,16-6-2-14(18)3-7-16)17-8-4-15(19)5-9-17;1-2-15(13-9-5-3-6-10-13)14-11-7-4-8-12-14/h2-12H,13H2,1H3;2-12H,1H2. The van der Waals surface area contributed by atoms with Crippen molar-refractivity contribution in [3.05, 3.63) is 152 Å². The fraction of sp³-hybridized carbons (Fsp3) is 0.0645. The molecule has 0 radical (unpaired) electrons. The minimum Gasteiger partial charge on any atom is -0.340 e. The molecule has 0 aliphatic carbocycles. The Morgan fingerprint density at radius 1 is 0.757 bits per heavy atom. The molecule has 1 aromatic heterocycles. The van der Waals surface area contributed by atoms with Crippen LogP contribution in [-0.2, 0) is 6.17 Å². The lowest BCUT2D eigenvalue weighted by atomic mass is 9.41. The maximum absolute atomic E-state index is 13.3. The Bertz CT molecular complexity index is 1290. The van der Waals surface area contributed by atoms with Crippen LogP contribution in [-0.4, -0.2) is 24.3 Å². The summed E-state index contributed by atoms with van der Waals surface area (Å²) >= 11 is 0. The topological polar surface area (TPSA) is 17.8 Å². The predicted molar refractivity (Wildman–Crippen MR) is 154 cm³/mol. The molecule has 0 bridgehead atoms. The summed E-state index contributed by atoms with van der Waals surface area (Å²) in [7, 11) is -2.16. The van der Waals surface area contributed by atoms with E-state index in [0.717, 1.165) is 16.5 Å². The van der Waals surface area contributed by atoms with E-state index in [-0.39, 0.29) is 11.6 Å². The van der Waals surface area contributed by atoms with E-state index < -0.39 is 8.07 Å². The first-order chi connectivity index (χ1) is 18.0. The van der Waals surface area contributed by atoms with Crippen molar-refractivity contribution in [2.75, 3.05) is 0 Å². The Balaban J connectivity index is 0.000000186. The molecule has 0 fully saturated rings. The fourth-order valence-electron chi connectivity index (χ4n) is 4.52. The van der Waals surface area contributed by atoms with E-state index in [1.165, 1.54) is 35.2 Å². The van der Waals surface area contributed by atoms with Crippen molar-refractivity contribution >= 4 is 36.1 Å². The summed E-state index contributed by atoms with van der Waals surface area (Å²) in [5, 5.41) is 2.21. The highest BCUT2D eigenvalue weighted by Crippen LogP contribution is 2.10. The average molecular weight is 506 g/mol. The van der Waals surface area contributed by atoms with Gasteiger partial charge < -0.3 is 4.57 Å².